The van der Waals surface area contributed by atoms with E-state index in [1.807, 2.05) is 45.0 Å². The summed E-state index contributed by atoms with van der Waals surface area (Å²) >= 11 is 0. The topological polar surface area (TPSA) is 58.6 Å². The van der Waals surface area contributed by atoms with E-state index in [-0.39, 0.29) is 12.6 Å². The summed E-state index contributed by atoms with van der Waals surface area (Å²) in [5.74, 6) is -0.424. The van der Waals surface area contributed by atoms with Gasteiger partial charge in [0.15, 0.2) is 0 Å². The SMILES string of the molecule is C=C(C)c1cccc(C(C)(C)NC(=O)N(C)CC(=O)OCC)c1. The number of likely N-dealkylation sites (N-methyl/N-ethyl adjacent to an activating group) is 1. The summed E-state index contributed by atoms with van der Waals surface area (Å²) in [6.45, 7) is 11.7. The van der Waals surface area contributed by atoms with Crippen LogP contribution in [0.4, 0.5) is 4.79 Å². The second kappa shape index (κ2) is 7.81. The van der Waals surface area contributed by atoms with Crippen molar-refractivity contribution < 1.29 is 14.3 Å². The molecule has 23 heavy (non-hydrogen) atoms. The van der Waals surface area contributed by atoms with E-state index in [1.165, 1.54) is 4.90 Å². The van der Waals surface area contributed by atoms with Gasteiger partial charge in [0.25, 0.3) is 0 Å². The van der Waals surface area contributed by atoms with Gasteiger partial charge >= 0.3 is 12.0 Å². The summed E-state index contributed by atoms with van der Waals surface area (Å²) in [6, 6.07) is 7.56. The Labute approximate surface area is 138 Å². The molecular formula is C18H26N2O3. The predicted molar refractivity (Wildman–Crippen MR) is 92.0 cm³/mol. The number of hydrogen-bond acceptors (Lipinski definition) is 3. The van der Waals surface area contributed by atoms with Gasteiger partial charge in [0.2, 0.25) is 0 Å². The van der Waals surface area contributed by atoms with Crippen LogP contribution in [0.25, 0.3) is 5.57 Å². The second-order valence-electron chi connectivity index (χ2n) is 6.08. The molecule has 1 N–H and O–H groups in total. The number of esters is 1. The van der Waals surface area contributed by atoms with Gasteiger partial charge in [-0.2, -0.15) is 0 Å². The van der Waals surface area contributed by atoms with Crippen molar-refractivity contribution in [2.45, 2.75) is 33.2 Å². The molecule has 0 atom stereocenters. The van der Waals surface area contributed by atoms with Gasteiger partial charge in [-0.1, -0.05) is 30.4 Å². The fourth-order valence-electron chi connectivity index (χ4n) is 2.08. The molecule has 0 aliphatic heterocycles. The molecule has 1 aromatic rings. The van der Waals surface area contributed by atoms with Crippen LogP contribution in [0.5, 0.6) is 0 Å². The minimum Gasteiger partial charge on any atom is -0.465 e. The van der Waals surface area contributed by atoms with Crippen LogP contribution in [0, 0.1) is 0 Å². The largest absolute Gasteiger partial charge is 0.465 e. The van der Waals surface area contributed by atoms with E-state index in [0.717, 1.165) is 16.7 Å². The Bertz CT molecular complexity index is 594. The molecule has 0 saturated carbocycles. The maximum atomic E-state index is 12.3. The molecule has 0 saturated heterocycles. The third kappa shape index (κ3) is 5.43. The fraction of sp³-hybridized carbons (Fsp3) is 0.444. The van der Waals surface area contributed by atoms with Gasteiger partial charge in [0, 0.05) is 7.05 Å². The molecule has 0 aromatic heterocycles. The lowest BCUT2D eigenvalue weighted by molar-refractivity contribution is -0.143. The number of rotatable bonds is 6. The Morgan fingerprint density at radius 1 is 1.35 bits per heavy atom. The Morgan fingerprint density at radius 2 is 2.00 bits per heavy atom. The number of ether oxygens (including phenoxy) is 1. The number of benzene rings is 1. The molecule has 0 radical (unpaired) electrons. The van der Waals surface area contributed by atoms with Gasteiger partial charge in [-0.25, -0.2) is 4.79 Å². The molecule has 0 aliphatic carbocycles. The highest BCUT2D eigenvalue weighted by Crippen LogP contribution is 2.23. The van der Waals surface area contributed by atoms with Gasteiger partial charge < -0.3 is 15.0 Å². The Hall–Kier alpha value is -2.30. The summed E-state index contributed by atoms with van der Waals surface area (Å²) in [5, 5.41) is 2.94. The molecule has 2 amide bonds. The van der Waals surface area contributed by atoms with Gasteiger partial charge in [-0.15, -0.1) is 0 Å². The van der Waals surface area contributed by atoms with Gasteiger partial charge in [0.05, 0.1) is 12.1 Å². The number of nitrogens with one attached hydrogen (secondary N) is 1. The normalized spacial score (nSPS) is 10.8. The zero-order valence-electron chi connectivity index (χ0n) is 14.6. The van der Waals surface area contributed by atoms with E-state index in [9.17, 15) is 9.59 Å². The highest BCUT2D eigenvalue weighted by atomic mass is 16.5. The Kier molecular flexibility index (Phi) is 6.37. The Balaban J connectivity index is 2.81. The van der Waals surface area contributed by atoms with Crippen molar-refractivity contribution in [1.82, 2.24) is 10.2 Å². The van der Waals surface area contributed by atoms with Gasteiger partial charge in [-0.05, 0) is 44.9 Å². The van der Waals surface area contributed by atoms with Crippen molar-refractivity contribution in [3.63, 3.8) is 0 Å². The van der Waals surface area contributed by atoms with E-state index in [1.54, 1.807) is 14.0 Å². The third-order valence-electron chi connectivity index (χ3n) is 3.51. The molecular weight excluding hydrogens is 292 g/mol. The lowest BCUT2D eigenvalue weighted by Gasteiger charge is -2.30. The minimum atomic E-state index is -0.578. The van der Waals surface area contributed by atoms with E-state index in [4.69, 9.17) is 4.74 Å². The third-order valence-corrected chi connectivity index (χ3v) is 3.51. The lowest BCUT2D eigenvalue weighted by Crippen LogP contribution is -2.48. The molecule has 5 nitrogen and oxygen atoms in total. The van der Waals surface area contributed by atoms with Crippen molar-refractivity contribution in [2.75, 3.05) is 20.2 Å². The van der Waals surface area contributed by atoms with Crippen LogP contribution in [0.3, 0.4) is 0 Å². The molecule has 1 aromatic carbocycles. The smallest absolute Gasteiger partial charge is 0.325 e. The maximum absolute atomic E-state index is 12.3. The Morgan fingerprint density at radius 3 is 2.57 bits per heavy atom. The molecule has 0 heterocycles. The summed E-state index contributed by atoms with van der Waals surface area (Å²) in [5.41, 5.74) is 2.39. The molecule has 0 fully saturated rings. The first kappa shape index (κ1) is 18.7. The number of hydrogen-bond donors (Lipinski definition) is 1. The molecule has 0 aliphatic rings. The van der Waals surface area contributed by atoms with Crippen LogP contribution in [0.1, 0.15) is 38.8 Å². The van der Waals surface area contributed by atoms with E-state index in [0.29, 0.717) is 6.61 Å². The van der Waals surface area contributed by atoms with Crippen molar-refractivity contribution in [3.8, 4) is 0 Å². The summed E-state index contributed by atoms with van der Waals surface area (Å²) in [7, 11) is 1.56. The van der Waals surface area contributed by atoms with E-state index >= 15 is 0 Å². The fourth-order valence-corrected chi connectivity index (χ4v) is 2.08. The van der Waals surface area contributed by atoms with Gasteiger partial charge in [-0.3, -0.25) is 4.79 Å². The zero-order chi connectivity index (χ0) is 17.6. The van der Waals surface area contributed by atoms with Crippen LogP contribution in [-0.2, 0) is 15.1 Å². The molecule has 1 rings (SSSR count). The molecule has 0 spiro atoms. The quantitative estimate of drug-likeness (QED) is 0.820. The molecule has 126 valence electrons. The number of amides is 2. The van der Waals surface area contributed by atoms with Crippen LogP contribution in [0.15, 0.2) is 30.8 Å². The number of carbonyl (C=O) groups is 2. The minimum absolute atomic E-state index is 0.0818. The molecule has 0 bridgehead atoms. The number of carbonyl (C=O) groups excluding carboxylic acids is 2. The maximum Gasteiger partial charge on any atom is 0.325 e. The molecule has 0 unspecified atom stereocenters. The average molecular weight is 318 g/mol. The zero-order valence-corrected chi connectivity index (χ0v) is 14.6. The number of nitrogens with zero attached hydrogens (tertiary/aromatic N) is 1. The number of allylic oxidation sites excluding steroid dienone is 1. The number of urea groups is 1. The van der Waals surface area contributed by atoms with Crippen LogP contribution in [0.2, 0.25) is 0 Å². The first-order valence-electron chi connectivity index (χ1n) is 7.62. The first-order valence-corrected chi connectivity index (χ1v) is 7.62. The van der Waals surface area contributed by atoms with Crippen molar-refractivity contribution >= 4 is 17.6 Å². The standard InChI is InChI=1S/C18H26N2O3/c1-7-23-16(21)12-20(6)17(22)19-18(4,5)15-10-8-9-14(11-15)13(2)3/h8-11H,2,7,12H2,1,3-6H3,(H,19,22). The summed E-state index contributed by atoms with van der Waals surface area (Å²) in [6.07, 6.45) is 0. The second-order valence-corrected chi connectivity index (χ2v) is 6.08. The van der Waals surface area contributed by atoms with Crippen molar-refractivity contribution in [3.05, 3.63) is 42.0 Å². The monoisotopic (exact) mass is 318 g/mol. The van der Waals surface area contributed by atoms with E-state index in [2.05, 4.69) is 11.9 Å². The molecule has 5 heteroatoms. The van der Waals surface area contributed by atoms with Crippen molar-refractivity contribution in [2.24, 2.45) is 0 Å². The highest BCUT2D eigenvalue weighted by Gasteiger charge is 2.25. The highest BCUT2D eigenvalue weighted by molar-refractivity contribution is 5.81. The first-order chi connectivity index (χ1) is 10.7. The van der Waals surface area contributed by atoms with Crippen LogP contribution in [-0.4, -0.2) is 37.1 Å². The van der Waals surface area contributed by atoms with Crippen molar-refractivity contribution in [1.29, 1.82) is 0 Å². The summed E-state index contributed by atoms with van der Waals surface area (Å²) < 4.78 is 4.85. The van der Waals surface area contributed by atoms with Crippen LogP contribution >= 0.6 is 0 Å². The lowest BCUT2D eigenvalue weighted by atomic mass is 9.92. The average Bonchev–Trinajstić information content (AvgIpc) is 2.47. The van der Waals surface area contributed by atoms with Crippen LogP contribution < -0.4 is 5.32 Å². The summed E-state index contributed by atoms with van der Waals surface area (Å²) in [4.78, 5) is 25.0. The van der Waals surface area contributed by atoms with Gasteiger partial charge in [0.1, 0.15) is 6.54 Å². The predicted octanol–water partition coefficient (Wildman–Crippen LogP) is 3.16. The van der Waals surface area contributed by atoms with E-state index < -0.39 is 11.5 Å².